The molecule has 1 saturated carbocycles. The Balaban J connectivity index is 1.46. The molecule has 158 valence electrons. The van der Waals surface area contributed by atoms with Crippen LogP contribution < -0.4 is 9.62 Å². The van der Waals surface area contributed by atoms with E-state index in [1.54, 1.807) is 6.92 Å². The van der Waals surface area contributed by atoms with Crippen molar-refractivity contribution in [1.29, 1.82) is 0 Å². The summed E-state index contributed by atoms with van der Waals surface area (Å²) in [6, 6.07) is 2.02. The third kappa shape index (κ3) is 4.93. The number of sulfonamides is 1. The Labute approximate surface area is 176 Å². The number of nitrogens with zero attached hydrogens (tertiary/aromatic N) is 5. The number of hydrogen-bond donors (Lipinski definition) is 1. The van der Waals surface area contributed by atoms with E-state index < -0.39 is 10.0 Å². The maximum Gasteiger partial charge on any atom is 0.251 e. The zero-order valence-electron chi connectivity index (χ0n) is 17.2. The third-order valence-electron chi connectivity index (χ3n) is 5.33. The maximum absolute atomic E-state index is 12.6. The molecule has 2 aromatic heterocycles. The first-order valence-corrected chi connectivity index (χ1v) is 12.4. The predicted octanol–water partition coefficient (Wildman–Crippen LogP) is 1.70. The van der Waals surface area contributed by atoms with Crippen LogP contribution >= 0.6 is 11.3 Å². The Morgan fingerprint density at radius 3 is 2.48 bits per heavy atom. The maximum atomic E-state index is 12.6. The fraction of sp³-hybridized carbons (Fsp3) is 0.632. The molecule has 0 spiro atoms. The van der Waals surface area contributed by atoms with E-state index in [0.717, 1.165) is 61.4 Å². The highest BCUT2D eigenvalue weighted by atomic mass is 32.2. The molecule has 0 aromatic carbocycles. The fourth-order valence-corrected chi connectivity index (χ4v) is 6.05. The van der Waals surface area contributed by atoms with Crippen LogP contribution in [0, 0.1) is 13.8 Å². The Morgan fingerprint density at radius 1 is 1.14 bits per heavy atom. The van der Waals surface area contributed by atoms with E-state index in [0.29, 0.717) is 28.8 Å². The molecular weight excluding hydrogens is 408 g/mol. The smallest absolute Gasteiger partial charge is 0.251 e. The van der Waals surface area contributed by atoms with E-state index in [2.05, 4.69) is 26.6 Å². The first-order chi connectivity index (χ1) is 13.8. The molecule has 2 fully saturated rings. The third-order valence-corrected chi connectivity index (χ3v) is 8.47. The van der Waals surface area contributed by atoms with Gasteiger partial charge < -0.3 is 9.80 Å². The monoisotopic (exact) mass is 436 g/mol. The minimum absolute atomic E-state index is 0.300. The summed E-state index contributed by atoms with van der Waals surface area (Å²) >= 11 is 1.21. The number of thiazole rings is 1. The lowest BCUT2D eigenvalue weighted by Crippen LogP contribution is -2.45. The van der Waals surface area contributed by atoms with Crippen molar-refractivity contribution in [3.63, 3.8) is 0 Å². The number of likely N-dealkylation sites (N-methyl/N-ethyl adjacent to an activating group) is 1. The van der Waals surface area contributed by atoms with Gasteiger partial charge in [0, 0.05) is 56.8 Å². The Bertz CT molecular complexity index is 979. The molecule has 8 nitrogen and oxygen atoms in total. The van der Waals surface area contributed by atoms with Crippen molar-refractivity contribution in [2.45, 2.75) is 43.2 Å². The number of anilines is 1. The van der Waals surface area contributed by atoms with Crippen molar-refractivity contribution in [3.8, 4) is 0 Å². The molecule has 0 bridgehead atoms. The van der Waals surface area contributed by atoms with Gasteiger partial charge in [-0.1, -0.05) is 0 Å². The zero-order chi connectivity index (χ0) is 20.6. The summed E-state index contributed by atoms with van der Waals surface area (Å²) in [6.45, 7) is 7.80. The van der Waals surface area contributed by atoms with Gasteiger partial charge in [-0.25, -0.2) is 28.1 Å². The first-order valence-electron chi connectivity index (χ1n) is 10.1. The van der Waals surface area contributed by atoms with Crippen LogP contribution in [0.25, 0.3) is 0 Å². The van der Waals surface area contributed by atoms with E-state index in [9.17, 15) is 8.42 Å². The lowest BCUT2D eigenvalue weighted by Gasteiger charge is -2.33. The Morgan fingerprint density at radius 2 is 1.86 bits per heavy atom. The average molecular weight is 437 g/mol. The summed E-state index contributed by atoms with van der Waals surface area (Å²) in [5, 5.41) is 0.754. The molecule has 1 N–H and O–H groups in total. The molecule has 3 heterocycles. The SMILES string of the molecule is Cc1nc(C)c(S(=O)(=O)NCCc2cc(N3CCN(C)CC3)nc(C3CC3)n2)s1. The van der Waals surface area contributed by atoms with Gasteiger partial charge in [0.2, 0.25) is 0 Å². The predicted molar refractivity (Wildman–Crippen MR) is 114 cm³/mol. The highest BCUT2D eigenvalue weighted by molar-refractivity contribution is 7.91. The molecule has 0 unspecified atom stereocenters. The number of nitrogens with one attached hydrogen (secondary N) is 1. The van der Waals surface area contributed by atoms with E-state index >= 15 is 0 Å². The van der Waals surface area contributed by atoms with Crippen molar-refractivity contribution in [2.75, 3.05) is 44.7 Å². The standard InChI is InChI=1S/C19H28N6O2S2/c1-13-19(28-14(2)21-13)29(26,27)20-7-6-16-12-17(23-18(22-16)15-4-5-15)25-10-8-24(3)9-11-25/h12,15,20H,4-11H2,1-3H3. The van der Waals surface area contributed by atoms with Gasteiger partial charge in [-0.2, -0.15) is 0 Å². The summed E-state index contributed by atoms with van der Waals surface area (Å²) in [7, 11) is -1.41. The van der Waals surface area contributed by atoms with Crippen molar-refractivity contribution in [1.82, 2.24) is 24.6 Å². The van der Waals surface area contributed by atoms with Crippen molar-refractivity contribution in [2.24, 2.45) is 0 Å². The molecule has 2 aliphatic rings. The Kier molecular flexibility index (Phi) is 5.87. The molecular formula is C19H28N6O2S2. The highest BCUT2D eigenvalue weighted by Gasteiger charge is 2.28. The molecule has 0 atom stereocenters. The minimum atomic E-state index is -3.54. The second-order valence-electron chi connectivity index (χ2n) is 7.89. The second kappa shape index (κ2) is 8.25. The van der Waals surface area contributed by atoms with Gasteiger partial charge in [-0.3, -0.25) is 0 Å². The summed E-state index contributed by atoms with van der Waals surface area (Å²) in [5.41, 5.74) is 1.45. The lowest BCUT2D eigenvalue weighted by molar-refractivity contribution is 0.312. The molecule has 1 aliphatic carbocycles. The second-order valence-corrected chi connectivity index (χ2v) is 11.1. The topological polar surface area (TPSA) is 91.3 Å². The molecule has 2 aromatic rings. The van der Waals surface area contributed by atoms with E-state index in [4.69, 9.17) is 9.97 Å². The van der Waals surface area contributed by atoms with Gasteiger partial charge in [0.05, 0.1) is 10.7 Å². The summed E-state index contributed by atoms with van der Waals surface area (Å²) in [6.07, 6.45) is 2.82. The Hall–Kier alpha value is -1.62. The summed E-state index contributed by atoms with van der Waals surface area (Å²) in [4.78, 5) is 18.4. The number of aromatic nitrogens is 3. The fourth-order valence-electron chi connectivity index (χ4n) is 3.49. The van der Waals surface area contributed by atoms with Crippen LogP contribution in [0.15, 0.2) is 10.3 Å². The van der Waals surface area contributed by atoms with Crippen LogP contribution in [0.2, 0.25) is 0 Å². The largest absolute Gasteiger partial charge is 0.354 e. The van der Waals surface area contributed by atoms with Crippen molar-refractivity contribution >= 4 is 27.2 Å². The zero-order valence-corrected chi connectivity index (χ0v) is 18.8. The number of rotatable bonds is 7. The molecule has 0 amide bonds. The summed E-state index contributed by atoms with van der Waals surface area (Å²) < 4.78 is 28.2. The number of hydrogen-bond acceptors (Lipinski definition) is 8. The van der Waals surface area contributed by atoms with Crippen LogP contribution in [-0.2, 0) is 16.4 Å². The lowest BCUT2D eigenvalue weighted by atomic mass is 10.2. The quantitative estimate of drug-likeness (QED) is 0.706. The molecule has 29 heavy (non-hydrogen) atoms. The highest BCUT2D eigenvalue weighted by Crippen LogP contribution is 2.38. The first kappa shape index (κ1) is 20.6. The van der Waals surface area contributed by atoms with Crippen LogP contribution in [0.1, 0.15) is 41.0 Å². The molecule has 1 aliphatic heterocycles. The molecule has 10 heteroatoms. The molecule has 1 saturated heterocycles. The van der Waals surface area contributed by atoms with Crippen LogP contribution in [0.5, 0.6) is 0 Å². The number of piperazine rings is 1. The van der Waals surface area contributed by atoms with Crippen LogP contribution in [0.3, 0.4) is 0 Å². The molecule has 0 radical (unpaired) electrons. The summed E-state index contributed by atoms with van der Waals surface area (Å²) in [5.74, 6) is 2.34. The van der Waals surface area contributed by atoms with Crippen molar-refractivity contribution < 1.29 is 8.42 Å². The van der Waals surface area contributed by atoms with E-state index in [1.807, 2.05) is 13.0 Å². The van der Waals surface area contributed by atoms with E-state index in [1.165, 1.54) is 11.3 Å². The minimum Gasteiger partial charge on any atom is -0.354 e. The van der Waals surface area contributed by atoms with Crippen LogP contribution in [0.4, 0.5) is 5.82 Å². The van der Waals surface area contributed by atoms with Crippen molar-refractivity contribution in [3.05, 3.63) is 28.3 Å². The van der Waals surface area contributed by atoms with E-state index in [-0.39, 0.29) is 0 Å². The van der Waals surface area contributed by atoms with Gasteiger partial charge in [0.25, 0.3) is 10.0 Å². The average Bonchev–Trinajstić information content (AvgIpc) is 3.46. The normalized spacial score (nSPS) is 18.4. The van der Waals surface area contributed by atoms with Gasteiger partial charge in [0.15, 0.2) is 4.21 Å². The van der Waals surface area contributed by atoms with Gasteiger partial charge in [-0.15, -0.1) is 11.3 Å². The number of aryl methyl sites for hydroxylation is 2. The van der Waals surface area contributed by atoms with Crippen LogP contribution in [-0.4, -0.2) is 68.0 Å². The molecule has 4 rings (SSSR count). The van der Waals surface area contributed by atoms with Gasteiger partial charge in [0.1, 0.15) is 11.6 Å². The van der Waals surface area contributed by atoms with Gasteiger partial charge in [-0.05, 0) is 33.7 Å². The van der Waals surface area contributed by atoms with Gasteiger partial charge >= 0.3 is 0 Å².